The maximum atomic E-state index is 12.1. The number of rotatable bonds is 3. The Balaban J connectivity index is 1.61. The lowest BCUT2D eigenvalue weighted by molar-refractivity contribution is -0.170. The number of nitrogens with zero attached hydrogens (tertiary/aromatic N) is 1. The number of ether oxygens (including phenoxy) is 1. The molecule has 4 N–H and O–H groups in total. The molecule has 28 heavy (non-hydrogen) atoms. The summed E-state index contributed by atoms with van der Waals surface area (Å²) in [5.74, 6) is -0.620. The largest absolute Gasteiger partial charge is 0.507 e. The van der Waals surface area contributed by atoms with E-state index < -0.39 is 16.9 Å². The topological polar surface area (TPSA) is 96.0 Å². The van der Waals surface area contributed by atoms with Gasteiger partial charge in [0.2, 0.25) is 0 Å². The van der Waals surface area contributed by atoms with Crippen molar-refractivity contribution in [1.29, 1.82) is 0 Å². The van der Waals surface area contributed by atoms with Gasteiger partial charge in [-0.15, -0.1) is 0 Å². The van der Waals surface area contributed by atoms with Crippen molar-refractivity contribution in [3.05, 3.63) is 28.8 Å². The van der Waals surface area contributed by atoms with Gasteiger partial charge in [-0.2, -0.15) is 0 Å². The van der Waals surface area contributed by atoms with Crippen molar-refractivity contribution in [3.8, 4) is 5.75 Å². The molecular weight excluding hydrogens is 356 g/mol. The van der Waals surface area contributed by atoms with Crippen LogP contribution in [0.3, 0.4) is 0 Å². The van der Waals surface area contributed by atoms with Gasteiger partial charge in [-0.05, 0) is 56.7 Å². The van der Waals surface area contributed by atoms with E-state index >= 15 is 0 Å². The minimum absolute atomic E-state index is 0.00338. The number of likely N-dealkylation sites (tertiary alicyclic amines) is 1. The predicted octanol–water partition coefficient (Wildman–Crippen LogP) is 1.84. The number of hydrogen-bond donors (Lipinski definition) is 3. The smallest absolute Gasteiger partial charge is 0.252 e. The van der Waals surface area contributed by atoms with Crippen LogP contribution in [-0.2, 0) is 16.6 Å². The lowest BCUT2D eigenvalue weighted by atomic mass is 9.49. The van der Waals surface area contributed by atoms with Crippen LogP contribution < -0.4 is 5.73 Å². The van der Waals surface area contributed by atoms with Crippen LogP contribution in [0.5, 0.6) is 5.75 Å². The summed E-state index contributed by atoms with van der Waals surface area (Å²) in [6, 6.07) is 3.60. The highest BCUT2D eigenvalue weighted by molar-refractivity contribution is 5.96. The molecule has 1 aromatic carbocycles. The molecule has 3 fully saturated rings. The van der Waals surface area contributed by atoms with Gasteiger partial charge in [0.1, 0.15) is 5.75 Å². The van der Waals surface area contributed by atoms with E-state index in [-0.39, 0.29) is 23.5 Å². The summed E-state index contributed by atoms with van der Waals surface area (Å²) in [6.45, 7) is 2.58. The molecule has 6 nitrogen and oxygen atoms in total. The Morgan fingerprint density at radius 3 is 2.82 bits per heavy atom. The summed E-state index contributed by atoms with van der Waals surface area (Å²) < 4.78 is 5.88. The number of carbonyl (C=O) groups excluding carboxylic acids is 1. The Hall–Kier alpha value is -1.63. The number of primary amides is 1. The number of nitrogens with two attached hydrogens (primary N) is 1. The fourth-order valence-electron chi connectivity index (χ4n) is 6.67. The molecule has 1 aromatic rings. The van der Waals surface area contributed by atoms with Crippen LogP contribution in [0.2, 0.25) is 0 Å². The van der Waals surface area contributed by atoms with Crippen LogP contribution in [0.15, 0.2) is 12.1 Å². The first kappa shape index (κ1) is 18.4. The quantitative estimate of drug-likeness (QED) is 0.737. The summed E-state index contributed by atoms with van der Waals surface area (Å²) in [5.41, 5.74) is 6.13. The normalized spacial score (nSPS) is 37.3. The Labute approximate surface area is 165 Å². The van der Waals surface area contributed by atoms with Gasteiger partial charge < -0.3 is 20.7 Å². The lowest BCUT2D eigenvalue weighted by Gasteiger charge is -2.64. The zero-order valence-corrected chi connectivity index (χ0v) is 16.3. The maximum absolute atomic E-state index is 12.1. The molecule has 4 aliphatic rings. The van der Waals surface area contributed by atoms with Crippen molar-refractivity contribution >= 4 is 5.91 Å². The summed E-state index contributed by atoms with van der Waals surface area (Å²) in [6.07, 6.45) is 7.54. The van der Waals surface area contributed by atoms with Gasteiger partial charge in [0.15, 0.2) is 0 Å². The first-order valence-electron chi connectivity index (χ1n) is 10.7. The fraction of sp³-hybridized carbons (Fsp3) is 0.682. The van der Waals surface area contributed by atoms with E-state index in [1.54, 1.807) is 6.07 Å². The van der Waals surface area contributed by atoms with Gasteiger partial charge in [0.05, 0.1) is 17.3 Å². The minimum atomic E-state index is -0.886. The summed E-state index contributed by atoms with van der Waals surface area (Å²) in [5, 5.41) is 23.1. The molecule has 6 heteroatoms. The average molecular weight is 386 g/mol. The van der Waals surface area contributed by atoms with E-state index in [2.05, 4.69) is 4.90 Å². The molecule has 5 rings (SSSR count). The second kappa shape index (κ2) is 6.44. The number of hydrogen-bond acceptors (Lipinski definition) is 5. The standard InChI is InChI=1S/C22H30N2O4/c23-20(26)16-6-5-14-12-17-22(27)8-2-1-7-21(22,18(14)19(16)25)9-10-24(17)13-15-4-3-11-28-15/h5-6,15,17,25,27H,1-4,7-13H2,(H2,23,26)/t15?,17-,21+,22-/m1/s1. The molecule has 152 valence electrons. The Bertz CT molecular complexity index is 806. The van der Waals surface area contributed by atoms with Gasteiger partial charge in [0.25, 0.3) is 5.91 Å². The van der Waals surface area contributed by atoms with Crippen LogP contribution >= 0.6 is 0 Å². The lowest BCUT2D eigenvalue weighted by Crippen LogP contribution is -2.72. The van der Waals surface area contributed by atoms with E-state index in [4.69, 9.17) is 10.5 Å². The highest BCUT2D eigenvalue weighted by atomic mass is 16.5. The van der Waals surface area contributed by atoms with Crippen molar-refractivity contribution in [3.63, 3.8) is 0 Å². The van der Waals surface area contributed by atoms with Crippen molar-refractivity contribution in [2.45, 2.75) is 74.5 Å². The Morgan fingerprint density at radius 1 is 1.25 bits per heavy atom. The fourth-order valence-corrected chi connectivity index (χ4v) is 6.67. The Kier molecular flexibility index (Phi) is 4.23. The van der Waals surface area contributed by atoms with E-state index in [0.29, 0.717) is 6.42 Å². The molecule has 4 atom stereocenters. The second-order valence-corrected chi connectivity index (χ2v) is 9.17. The average Bonchev–Trinajstić information content (AvgIpc) is 3.16. The second-order valence-electron chi connectivity index (χ2n) is 9.17. The molecule has 0 spiro atoms. The summed E-state index contributed by atoms with van der Waals surface area (Å²) >= 11 is 0. The van der Waals surface area contributed by atoms with Crippen LogP contribution in [0.1, 0.15) is 66.4 Å². The van der Waals surface area contributed by atoms with E-state index in [1.807, 2.05) is 6.07 Å². The molecule has 2 saturated heterocycles. The van der Waals surface area contributed by atoms with Crippen LogP contribution in [0, 0.1) is 0 Å². The number of carbonyl (C=O) groups is 1. The van der Waals surface area contributed by atoms with E-state index in [1.165, 1.54) is 0 Å². The predicted molar refractivity (Wildman–Crippen MR) is 104 cm³/mol. The SMILES string of the molecule is NC(=O)c1ccc2c(c1O)[C@@]13CCCC[C@@]1(O)[C@@H](C2)N(CC1CCCO1)CC3. The monoisotopic (exact) mass is 386 g/mol. The van der Waals surface area contributed by atoms with Gasteiger partial charge >= 0.3 is 0 Å². The molecule has 1 saturated carbocycles. The molecule has 2 aliphatic heterocycles. The molecule has 2 heterocycles. The van der Waals surface area contributed by atoms with Crippen LogP contribution in [0.25, 0.3) is 0 Å². The van der Waals surface area contributed by atoms with Gasteiger partial charge in [-0.25, -0.2) is 0 Å². The maximum Gasteiger partial charge on any atom is 0.252 e. The Morgan fingerprint density at radius 2 is 2.07 bits per heavy atom. The van der Waals surface area contributed by atoms with Gasteiger partial charge in [-0.1, -0.05) is 18.9 Å². The number of benzene rings is 1. The first-order chi connectivity index (χ1) is 13.5. The number of fused-ring (bicyclic) bond motifs is 1. The number of phenols is 1. The van der Waals surface area contributed by atoms with Crippen molar-refractivity contribution < 1.29 is 19.7 Å². The third kappa shape index (κ3) is 2.41. The number of aromatic hydroxyl groups is 1. The first-order valence-corrected chi connectivity index (χ1v) is 10.7. The molecule has 2 aliphatic carbocycles. The zero-order valence-electron chi connectivity index (χ0n) is 16.3. The van der Waals surface area contributed by atoms with Crippen LogP contribution in [0.4, 0.5) is 0 Å². The van der Waals surface area contributed by atoms with Crippen molar-refractivity contribution in [2.75, 3.05) is 19.7 Å². The third-order valence-electron chi connectivity index (χ3n) is 7.94. The van der Waals surface area contributed by atoms with Crippen molar-refractivity contribution in [1.82, 2.24) is 4.90 Å². The highest BCUT2D eigenvalue weighted by Gasteiger charge is 2.64. The minimum Gasteiger partial charge on any atom is -0.507 e. The van der Waals surface area contributed by atoms with E-state index in [0.717, 1.165) is 75.8 Å². The summed E-state index contributed by atoms with van der Waals surface area (Å²) in [7, 11) is 0. The molecule has 0 aromatic heterocycles. The number of amides is 1. The summed E-state index contributed by atoms with van der Waals surface area (Å²) in [4.78, 5) is 14.3. The van der Waals surface area contributed by atoms with E-state index in [9.17, 15) is 15.0 Å². The highest BCUT2D eigenvalue weighted by Crippen LogP contribution is 2.60. The molecule has 2 bridgehead atoms. The van der Waals surface area contributed by atoms with Crippen molar-refractivity contribution in [2.24, 2.45) is 5.73 Å². The molecule has 1 unspecified atom stereocenters. The van der Waals surface area contributed by atoms with Crippen LogP contribution in [-0.4, -0.2) is 58.5 Å². The molecular formula is C22H30N2O4. The number of aliphatic hydroxyl groups is 1. The number of piperidine rings is 1. The molecule has 1 amide bonds. The molecule has 0 radical (unpaired) electrons. The third-order valence-corrected chi connectivity index (χ3v) is 7.94. The zero-order chi connectivity index (χ0) is 19.5. The van der Waals surface area contributed by atoms with Gasteiger partial charge in [0, 0.05) is 30.2 Å². The van der Waals surface area contributed by atoms with Gasteiger partial charge in [-0.3, -0.25) is 9.69 Å².